The number of anilines is 1. The van der Waals surface area contributed by atoms with Crippen molar-refractivity contribution in [2.24, 2.45) is 5.92 Å². The molecule has 1 aliphatic rings. The molecule has 4 nitrogen and oxygen atoms in total. The standard InChI is InChI=1S/C16H24N2O2/c1-12-11-14(4-5-15(12)20-2)18-16(19)6-3-13-7-9-17-10-8-13/h4-5,11,13,17H,3,6-10H2,1-2H3,(H,18,19). The number of amides is 1. The second-order valence-corrected chi connectivity index (χ2v) is 5.46. The highest BCUT2D eigenvalue weighted by Gasteiger charge is 2.14. The first-order valence-corrected chi connectivity index (χ1v) is 7.34. The highest BCUT2D eigenvalue weighted by molar-refractivity contribution is 5.90. The number of ether oxygens (including phenoxy) is 1. The van der Waals surface area contributed by atoms with Crippen LogP contribution < -0.4 is 15.4 Å². The van der Waals surface area contributed by atoms with Crippen LogP contribution in [0.4, 0.5) is 5.69 Å². The molecule has 0 radical (unpaired) electrons. The van der Waals surface area contributed by atoms with Crippen molar-refractivity contribution in [2.45, 2.75) is 32.6 Å². The van der Waals surface area contributed by atoms with E-state index in [1.807, 2.05) is 25.1 Å². The predicted octanol–water partition coefficient (Wildman–Crippen LogP) is 2.72. The maximum absolute atomic E-state index is 12.0. The molecule has 1 aromatic carbocycles. The molecule has 0 aliphatic carbocycles. The number of carbonyl (C=O) groups excluding carboxylic acids is 1. The second-order valence-electron chi connectivity index (χ2n) is 5.46. The van der Waals surface area contributed by atoms with Gasteiger partial charge in [0, 0.05) is 12.1 Å². The number of benzene rings is 1. The van der Waals surface area contributed by atoms with Crippen molar-refractivity contribution in [2.75, 3.05) is 25.5 Å². The van der Waals surface area contributed by atoms with Gasteiger partial charge in [0.05, 0.1) is 7.11 Å². The summed E-state index contributed by atoms with van der Waals surface area (Å²) in [6.45, 7) is 4.15. The molecule has 1 aromatic rings. The summed E-state index contributed by atoms with van der Waals surface area (Å²) in [7, 11) is 1.65. The zero-order chi connectivity index (χ0) is 14.4. The van der Waals surface area contributed by atoms with E-state index in [9.17, 15) is 4.79 Å². The van der Waals surface area contributed by atoms with Crippen LogP contribution in [-0.2, 0) is 4.79 Å². The lowest BCUT2D eigenvalue weighted by Gasteiger charge is -2.22. The zero-order valence-electron chi connectivity index (χ0n) is 12.4. The highest BCUT2D eigenvalue weighted by atomic mass is 16.5. The minimum atomic E-state index is 0.105. The maximum atomic E-state index is 12.0. The number of rotatable bonds is 5. The van der Waals surface area contributed by atoms with E-state index in [-0.39, 0.29) is 5.91 Å². The number of hydrogen-bond donors (Lipinski definition) is 2. The van der Waals surface area contributed by atoms with Crippen molar-refractivity contribution >= 4 is 11.6 Å². The lowest BCUT2D eigenvalue weighted by molar-refractivity contribution is -0.116. The Kier molecular flexibility index (Phi) is 5.41. The van der Waals surface area contributed by atoms with Gasteiger partial charge in [-0.15, -0.1) is 0 Å². The van der Waals surface area contributed by atoms with Gasteiger partial charge in [0.15, 0.2) is 0 Å². The average Bonchev–Trinajstić information content (AvgIpc) is 2.46. The molecule has 20 heavy (non-hydrogen) atoms. The van der Waals surface area contributed by atoms with E-state index in [0.29, 0.717) is 12.3 Å². The SMILES string of the molecule is COc1ccc(NC(=O)CCC2CCNCC2)cc1C. The highest BCUT2D eigenvalue weighted by Crippen LogP contribution is 2.22. The lowest BCUT2D eigenvalue weighted by atomic mass is 9.93. The molecule has 0 atom stereocenters. The fourth-order valence-electron chi connectivity index (χ4n) is 2.69. The lowest BCUT2D eigenvalue weighted by Crippen LogP contribution is -2.28. The van der Waals surface area contributed by atoms with Crippen LogP contribution in [0, 0.1) is 12.8 Å². The van der Waals surface area contributed by atoms with Gasteiger partial charge in [-0.1, -0.05) is 0 Å². The smallest absolute Gasteiger partial charge is 0.224 e. The molecule has 0 spiro atoms. The molecule has 4 heteroatoms. The second kappa shape index (κ2) is 7.29. The summed E-state index contributed by atoms with van der Waals surface area (Å²) in [5.41, 5.74) is 1.88. The number of aryl methyl sites for hydroxylation is 1. The molecule has 1 heterocycles. The molecule has 2 N–H and O–H groups in total. The van der Waals surface area contributed by atoms with E-state index in [1.54, 1.807) is 7.11 Å². The average molecular weight is 276 g/mol. The van der Waals surface area contributed by atoms with Gasteiger partial charge in [-0.3, -0.25) is 4.79 Å². The first-order valence-electron chi connectivity index (χ1n) is 7.34. The van der Waals surface area contributed by atoms with Crippen LogP contribution in [0.5, 0.6) is 5.75 Å². The Morgan fingerprint density at radius 1 is 1.40 bits per heavy atom. The number of hydrogen-bond acceptors (Lipinski definition) is 3. The Bertz CT molecular complexity index is 454. The molecule has 0 unspecified atom stereocenters. The van der Waals surface area contributed by atoms with Crippen molar-refractivity contribution in [1.82, 2.24) is 5.32 Å². The van der Waals surface area contributed by atoms with Gasteiger partial charge in [0.2, 0.25) is 5.91 Å². The van der Waals surface area contributed by atoms with Crippen LogP contribution in [0.2, 0.25) is 0 Å². The molecule has 2 rings (SSSR count). The third-order valence-corrected chi connectivity index (χ3v) is 3.92. The predicted molar refractivity (Wildman–Crippen MR) is 81.2 cm³/mol. The summed E-state index contributed by atoms with van der Waals surface area (Å²) in [5.74, 6) is 1.64. The summed E-state index contributed by atoms with van der Waals surface area (Å²) in [6.07, 6.45) is 3.97. The van der Waals surface area contributed by atoms with Crippen molar-refractivity contribution in [3.05, 3.63) is 23.8 Å². The van der Waals surface area contributed by atoms with Gasteiger partial charge in [0.1, 0.15) is 5.75 Å². The molecule has 0 aromatic heterocycles. The molecular formula is C16H24N2O2. The number of piperidine rings is 1. The van der Waals surface area contributed by atoms with E-state index in [4.69, 9.17) is 4.74 Å². The fourth-order valence-corrected chi connectivity index (χ4v) is 2.69. The Balaban J connectivity index is 1.80. The number of methoxy groups -OCH3 is 1. The molecule has 0 bridgehead atoms. The van der Waals surface area contributed by atoms with E-state index < -0.39 is 0 Å². The van der Waals surface area contributed by atoms with Crippen molar-refractivity contribution in [1.29, 1.82) is 0 Å². The Morgan fingerprint density at radius 2 is 2.15 bits per heavy atom. The summed E-state index contributed by atoms with van der Waals surface area (Å²) >= 11 is 0. The Labute approximate surface area is 120 Å². The third-order valence-electron chi connectivity index (χ3n) is 3.92. The summed E-state index contributed by atoms with van der Waals surface area (Å²) < 4.78 is 5.21. The van der Waals surface area contributed by atoms with Gasteiger partial charge >= 0.3 is 0 Å². The summed E-state index contributed by atoms with van der Waals surface area (Å²) in [5, 5.41) is 6.31. The van der Waals surface area contributed by atoms with Crippen LogP contribution in [0.1, 0.15) is 31.2 Å². The molecule has 1 saturated heterocycles. The van der Waals surface area contributed by atoms with Gasteiger partial charge < -0.3 is 15.4 Å². The minimum Gasteiger partial charge on any atom is -0.496 e. The van der Waals surface area contributed by atoms with E-state index in [1.165, 1.54) is 12.8 Å². The Morgan fingerprint density at radius 3 is 2.80 bits per heavy atom. The summed E-state index contributed by atoms with van der Waals surface area (Å²) in [6, 6.07) is 5.72. The molecule has 0 saturated carbocycles. The van der Waals surface area contributed by atoms with Gasteiger partial charge in [-0.2, -0.15) is 0 Å². The number of nitrogens with one attached hydrogen (secondary N) is 2. The summed E-state index contributed by atoms with van der Waals surface area (Å²) in [4.78, 5) is 12.0. The first kappa shape index (κ1) is 14.9. The van der Waals surface area contributed by atoms with Gasteiger partial charge in [-0.05, 0) is 69.0 Å². The largest absolute Gasteiger partial charge is 0.496 e. The van der Waals surface area contributed by atoms with Crippen molar-refractivity contribution in [3.8, 4) is 5.75 Å². The van der Waals surface area contributed by atoms with Crippen LogP contribution in [0.25, 0.3) is 0 Å². The molecule has 1 fully saturated rings. The normalized spacial score (nSPS) is 15.9. The molecule has 110 valence electrons. The van der Waals surface area contributed by atoms with Gasteiger partial charge in [0.25, 0.3) is 0 Å². The van der Waals surface area contributed by atoms with Crippen LogP contribution in [0.15, 0.2) is 18.2 Å². The zero-order valence-corrected chi connectivity index (χ0v) is 12.4. The van der Waals surface area contributed by atoms with Crippen molar-refractivity contribution in [3.63, 3.8) is 0 Å². The monoisotopic (exact) mass is 276 g/mol. The molecule has 1 amide bonds. The van der Waals surface area contributed by atoms with E-state index in [0.717, 1.165) is 36.5 Å². The van der Waals surface area contributed by atoms with Crippen LogP contribution in [-0.4, -0.2) is 26.1 Å². The Hall–Kier alpha value is -1.55. The van der Waals surface area contributed by atoms with Crippen LogP contribution in [0.3, 0.4) is 0 Å². The fraction of sp³-hybridized carbons (Fsp3) is 0.562. The van der Waals surface area contributed by atoms with E-state index in [2.05, 4.69) is 10.6 Å². The van der Waals surface area contributed by atoms with Crippen LogP contribution >= 0.6 is 0 Å². The van der Waals surface area contributed by atoms with Gasteiger partial charge in [-0.25, -0.2) is 0 Å². The van der Waals surface area contributed by atoms with Crippen molar-refractivity contribution < 1.29 is 9.53 Å². The molecular weight excluding hydrogens is 252 g/mol. The third kappa shape index (κ3) is 4.23. The number of carbonyl (C=O) groups is 1. The first-order chi connectivity index (χ1) is 9.69. The topological polar surface area (TPSA) is 50.4 Å². The quantitative estimate of drug-likeness (QED) is 0.869. The maximum Gasteiger partial charge on any atom is 0.224 e. The minimum absolute atomic E-state index is 0.105. The molecule has 1 aliphatic heterocycles. The van der Waals surface area contributed by atoms with E-state index >= 15 is 0 Å².